The monoisotopic (exact) mass is 227 g/mol. The van der Waals surface area contributed by atoms with Crippen LogP contribution in [-0.2, 0) is 0 Å². The molecule has 0 aliphatic rings. The van der Waals surface area contributed by atoms with E-state index in [9.17, 15) is 9.18 Å². The molecule has 0 fully saturated rings. The summed E-state index contributed by atoms with van der Waals surface area (Å²) in [4.78, 5) is 10.8. The van der Waals surface area contributed by atoms with E-state index >= 15 is 0 Å². The van der Waals surface area contributed by atoms with Crippen molar-refractivity contribution in [3.05, 3.63) is 29.6 Å². The standard InChI is InChI=1S/C11H14FNO3/c12-8-3-4-10(9(7-8)11(15)16)13-5-1-2-6-14/h3-4,7,13-14H,1-2,5-6H2,(H,15,16). The number of aromatic carboxylic acids is 1. The maximum Gasteiger partial charge on any atom is 0.337 e. The van der Waals surface area contributed by atoms with E-state index in [1.54, 1.807) is 0 Å². The number of hydrogen-bond donors (Lipinski definition) is 3. The number of aliphatic hydroxyl groups is 1. The lowest BCUT2D eigenvalue weighted by atomic mass is 10.1. The molecule has 3 N–H and O–H groups in total. The van der Waals surface area contributed by atoms with Crippen LogP contribution in [0.5, 0.6) is 0 Å². The molecule has 0 atom stereocenters. The van der Waals surface area contributed by atoms with Crippen LogP contribution in [0.15, 0.2) is 18.2 Å². The fourth-order valence-corrected chi connectivity index (χ4v) is 1.31. The molecule has 0 aliphatic carbocycles. The highest BCUT2D eigenvalue weighted by molar-refractivity contribution is 5.94. The van der Waals surface area contributed by atoms with E-state index in [0.29, 0.717) is 18.7 Å². The van der Waals surface area contributed by atoms with Crippen molar-refractivity contribution in [1.82, 2.24) is 0 Å². The Bertz CT molecular complexity index is 368. The number of halogens is 1. The number of aliphatic hydroxyl groups excluding tert-OH is 1. The Labute approximate surface area is 92.7 Å². The highest BCUT2D eigenvalue weighted by atomic mass is 19.1. The maximum absolute atomic E-state index is 12.8. The minimum Gasteiger partial charge on any atom is -0.478 e. The van der Waals surface area contributed by atoms with Gasteiger partial charge in [-0.25, -0.2) is 9.18 Å². The van der Waals surface area contributed by atoms with Gasteiger partial charge < -0.3 is 15.5 Å². The minimum absolute atomic E-state index is 0.0796. The van der Waals surface area contributed by atoms with E-state index in [0.717, 1.165) is 12.5 Å². The zero-order valence-corrected chi connectivity index (χ0v) is 8.74. The van der Waals surface area contributed by atoms with Crippen LogP contribution in [0.25, 0.3) is 0 Å². The number of hydrogen-bond acceptors (Lipinski definition) is 3. The van der Waals surface area contributed by atoms with Crippen LogP contribution in [-0.4, -0.2) is 29.3 Å². The van der Waals surface area contributed by atoms with E-state index in [1.165, 1.54) is 12.1 Å². The summed E-state index contributed by atoms with van der Waals surface area (Å²) < 4.78 is 12.8. The Morgan fingerprint density at radius 1 is 1.38 bits per heavy atom. The fraction of sp³-hybridized carbons (Fsp3) is 0.364. The summed E-state index contributed by atoms with van der Waals surface area (Å²) in [5, 5.41) is 20.3. The van der Waals surface area contributed by atoms with Crippen LogP contribution in [0, 0.1) is 5.82 Å². The van der Waals surface area contributed by atoms with Gasteiger partial charge in [-0.05, 0) is 31.0 Å². The van der Waals surface area contributed by atoms with Crippen LogP contribution in [0.1, 0.15) is 23.2 Å². The Kier molecular flexibility index (Phi) is 4.72. The molecular formula is C11H14FNO3. The summed E-state index contributed by atoms with van der Waals surface area (Å²) in [6.45, 7) is 0.656. The van der Waals surface area contributed by atoms with Crippen molar-refractivity contribution in [2.24, 2.45) is 0 Å². The summed E-state index contributed by atoms with van der Waals surface area (Å²) in [5.74, 6) is -1.73. The quantitative estimate of drug-likeness (QED) is 0.647. The molecule has 0 saturated carbocycles. The molecule has 0 unspecified atom stereocenters. The van der Waals surface area contributed by atoms with Crippen molar-refractivity contribution in [3.8, 4) is 0 Å². The molecule has 1 aromatic rings. The molecule has 0 aromatic heterocycles. The number of anilines is 1. The number of carboxylic acids is 1. The lowest BCUT2D eigenvalue weighted by molar-refractivity contribution is 0.0697. The van der Waals surface area contributed by atoms with Crippen LogP contribution in [0.3, 0.4) is 0 Å². The first-order chi connectivity index (χ1) is 7.65. The summed E-state index contributed by atoms with van der Waals surface area (Å²) >= 11 is 0. The number of nitrogens with one attached hydrogen (secondary N) is 1. The third-order valence-electron chi connectivity index (χ3n) is 2.11. The minimum atomic E-state index is -1.16. The highest BCUT2D eigenvalue weighted by Gasteiger charge is 2.10. The van der Waals surface area contributed by atoms with E-state index in [4.69, 9.17) is 10.2 Å². The molecule has 1 aromatic carbocycles. The van der Waals surface area contributed by atoms with Crippen molar-refractivity contribution in [2.45, 2.75) is 12.8 Å². The molecule has 16 heavy (non-hydrogen) atoms. The lowest BCUT2D eigenvalue weighted by Gasteiger charge is -2.09. The molecule has 0 saturated heterocycles. The van der Waals surface area contributed by atoms with Gasteiger partial charge >= 0.3 is 5.97 Å². The Morgan fingerprint density at radius 2 is 2.12 bits per heavy atom. The summed E-state index contributed by atoms with van der Waals surface area (Å²) in [6.07, 6.45) is 1.38. The number of rotatable bonds is 6. The molecule has 0 aliphatic heterocycles. The smallest absolute Gasteiger partial charge is 0.337 e. The van der Waals surface area contributed by atoms with Gasteiger partial charge in [-0.15, -0.1) is 0 Å². The second kappa shape index (κ2) is 6.07. The van der Waals surface area contributed by atoms with Crippen LogP contribution in [0.4, 0.5) is 10.1 Å². The number of carboxylic acid groups (broad SMARTS) is 1. The second-order valence-corrected chi connectivity index (χ2v) is 3.35. The van der Waals surface area contributed by atoms with Gasteiger partial charge in [0, 0.05) is 18.8 Å². The van der Waals surface area contributed by atoms with Gasteiger partial charge in [0.25, 0.3) is 0 Å². The second-order valence-electron chi connectivity index (χ2n) is 3.35. The Morgan fingerprint density at radius 3 is 2.75 bits per heavy atom. The van der Waals surface area contributed by atoms with E-state index in [-0.39, 0.29) is 12.2 Å². The maximum atomic E-state index is 12.8. The molecule has 0 heterocycles. The molecule has 0 spiro atoms. The molecule has 0 amide bonds. The zero-order chi connectivity index (χ0) is 12.0. The van der Waals surface area contributed by atoms with Crippen molar-refractivity contribution >= 4 is 11.7 Å². The van der Waals surface area contributed by atoms with E-state index < -0.39 is 11.8 Å². The van der Waals surface area contributed by atoms with E-state index in [1.807, 2.05) is 0 Å². The molecule has 88 valence electrons. The average Bonchev–Trinajstić information content (AvgIpc) is 2.26. The zero-order valence-electron chi connectivity index (χ0n) is 8.74. The molecule has 4 nitrogen and oxygen atoms in total. The molecule has 0 radical (unpaired) electrons. The SMILES string of the molecule is O=C(O)c1cc(F)ccc1NCCCCO. The van der Waals surface area contributed by atoms with Gasteiger partial charge in [0.1, 0.15) is 5.82 Å². The Balaban J connectivity index is 2.67. The topological polar surface area (TPSA) is 69.6 Å². The van der Waals surface area contributed by atoms with Crippen molar-refractivity contribution < 1.29 is 19.4 Å². The average molecular weight is 227 g/mol. The van der Waals surface area contributed by atoms with Gasteiger partial charge in [-0.1, -0.05) is 0 Å². The fourth-order valence-electron chi connectivity index (χ4n) is 1.31. The summed E-state index contributed by atoms with van der Waals surface area (Å²) in [7, 11) is 0. The molecule has 1 rings (SSSR count). The molecule has 5 heteroatoms. The van der Waals surface area contributed by atoms with Gasteiger partial charge in [-0.2, -0.15) is 0 Å². The third kappa shape index (κ3) is 3.51. The number of benzene rings is 1. The normalized spacial score (nSPS) is 10.1. The molecule has 0 bridgehead atoms. The summed E-state index contributed by atoms with van der Waals surface area (Å²) in [5.41, 5.74) is 0.316. The highest BCUT2D eigenvalue weighted by Crippen LogP contribution is 2.17. The van der Waals surface area contributed by atoms with Crippen LogP contribution < -0.4 is 5.32 Å². The van der Waals surface area contributed by atoms with Crippen LogP contribution >= 0.6 is 0 Å². The van der Waals surface area contributed by atoms with Gasteiger partial charge in [-0.3, -0.25) is 0 Å². The van der Waals surface area contributed by atoms with Gasteiger partial charge in [0.15, 0.2) is 0 Å². The van der Waals surface area contributed by atoms with Gasteiger partial charge in [0.2, 0.25) is 0 Å². The molecular weight excluding hydrogens is 213 g/mol. The van der Waals surface area contributed by atoms with Crippen LogP contribution in [0.2, 0.25) is 0 Å². The van der Waals surface area contributed by atoms with Crippen molar-refractivity contribution in [2.75, 3.05) is 18.5 Å². The first kappa shape index (κ1) is 12.4. The van der Waals surface area contributed by atoms with Crippen molar-refractivity contribution in [1.29, 1.82) is 0 Å². The predicted molar refractivity (Wildman–Crippen MR) is 58.2 cm³/mol. The van der Waals surface area contributed by atoms with Crippen molar-refractivity contribution in [3.63, 3.8) is 0 Å². The number of carbonyl (C=O) groups is 1. The third-order valence-corrected chi connectivity index (χ3v) is 2.11. The van der Waals surface area contributed by atoms with Gasteiger partial charge in [0.05, 0.1) is 5.56 Å². The lowest BCUT2D eigenvalue weighted by Crippen LogP contribution is -2.08. The van der Waals surface area contributed by atoms with E-state index in [2.05, 4.69) is 5.32 Å². The number of unbranched alkanes of at least 4 members (excludes halogenated alkanes) is 1. The first-order valence-electron chi connectivity index (χ1n) is 5.02. The predicted octanol–water partition coefficient (Wildman–Crippen LogP) is 1.71. The largest absolute Gasteiger partial charge is 0.478 e. The first-order valence-corrected chi connectivity index (χ1v) is 5.02. The summed E-state index contributed by atoms with van der Waals surface area (Å²) in [6, 6.07) is 3.59. The Hall–Kier alpha value is -1.62.